The Morgan fingerprint density at radius 1 is 1.56 bits per heavy atom. The van der Waals surface area contributed by atoms with Crippen LogP contribution >= 0.6 is 0 Å². The summed E-state index contributed by atoms with van der Waals surface area (Å²) in [6.07, 6.45) is 1.32. The van der Waals surface area contributed by atoms with Crippen LogP contribution in [0.1, 0.15) is 5.56 Å². The third-order valence-corrected chi connectivity index (χ3v) is 2.25. The van der Waals surface area contributed by atoms with Gasteiger partial charge in [0.05, 0.1) is 13.5 Å². The predicted molar refractivity (Wildman–Crippen MR) is 61.7 cm³/mol. The summed E-state index contributed by atoms with van der Waals surface area (Å²) in [6.45, 7) is 0. The molecule has 0 bridgehead atoms. The van der Waals surface area contributed by atoms with Crippen LogP contribution in [-0.4, -0.2) is 28.2 Å². The minimum Gasteiger partial charge on any atom is -0.494 e. The molecular weight excluding hydrogens is 239 g/mol. The second-order valence-electron chi connectivity index (χ2n) is 3.53. The molecule has 0 saturated heterocycles. The fraction of sp³-hybridized carbons (Fsp3) is 0.182. The number of amides is 1. The van der Waals surface area contributed by atoms with Gasteiger partial charge in [-0.25, -0.2) is 9.49 Å². The van der Waals surface area contributed by atoms with Crippen molar-refractivity contribution in [2.24, 2.45) is 0 Å². The monoisotopic (exact) mass is 250 g/mol. The largest absolute Gasteiger partial charge is 0.494 e. The van der Waals surface area contributed by atoms with Crippen LogP contribution in [0.3, 0.4) is 0 Å². The lowest BCUT2D eigenvalue weighted by molar-refractivity contribution is -0.115. The number of halogens is 1. The molecule has 0 fully saturated rings. The number of rotatable bonds is 4. The summed E-state index contributed by atoms with van der Waals surface area (Å²) in [5.41, 5.74) is 0.547. The minimum atomic E-state index is -0.498. The fourth-order valence-corrected chi connectivity index (χ4v) is 1.45. The van der Waals surface area contributed by atoms with E-state index in [1.165, 1.54) is 25.6 Å². The summed E-state index contributed by atoms with van der Waals surface area (Å²) in [4.78, 5) is 15.3. The fourth-order valence-electron chi connectivity index (χ4n) is 1.45. The van der Waals surface area contributed by atoms with Gasteiger partial charge in [0.25, 0.3) is 0 Å². The van der Waals surface area contributed by atoms with Crippen LogP contribution in [0.25, 0.3) is 0 Å². The molecule has 1 aromatic heterocycles. The van der Waals surface area contributed by atoms with E-state index in [-0.39, 0.29) is 24.0 Å². The molecule has 2 N–H and O–H groups in total. The van der Waals surface area contributed by atoms with Gasteiger partial charge in [0.15, 0.2) is 11.6 Å². The van der Waals surface area contributed by atoms with Crippen molar-refractivity contribution in [2.75, 3.05) is 12.4 Å². The highest BCUT2D eigenvalue weighted by Crippen LogP contribution is 2.18. The second-order valence-corrected chi connectivity index (χ2v) is 3.53. The third-order valence-electron chi connectivity index (χ3n) is 2.25. The Balaban J connectivity index is 2.01. The van der Waals surface area contributed by atoms with Gasteiger partial charge in [-0.1, -0.05) is 6.07 Å². The van der Waals surface area contributed by atoms with E-state index in [1.54, 1.807) is 6.07 Å². The quantitative estimate of drug-likeness (QED) is 0.852. The van der Waals surface area contributed by atoms with E-state index in [0.717, 1.165) is 0 Å². The van der Waals surface area contributed by atoms with Gasteiger partial charge in [-0.3, -0.25) is 10.1 Å². The number of H-pyrrole nitrogens is 1. The number of aromatic nitrogens is 3. The number of hydrogen-bond donors (Lipinski definition) is 2. The first-order chi connectivity index (χ1) is 8.69. The number of aromatic amines is 1. The maximum Gasteiger partial charge on any atom is 0.231 e. The van der Waals surface area contributed by atoms with E-state index in [1.807, 2.05) is 0 Å². The van der Waals surface area contributed by atoms with E-state index in [9.17, 15) is 9.18 Å². The maximum atomic E-state index is 13.4. The molecule has 6 nitrogen and oxygen atoms in total. The second kappa shape index (κ2) is 5.26. The molecule has 0 spiro atoms. The summed E-state index contributed by atoms with van der Waals surface area (Å²) in [5.74, 6) is -0.401. The SMILES string of the molecule is COc1ccc(CC(=O)Nc2ncn[nH]2)cc1F. The molecule has 0 saturated carbocycles. The number of carbonyl (C=O) groups excluding carboxylic acids is 1. The Morgan fingerprint density at radius 2 is 2.39 bits per heavy atom. The topological polar surface area (TPSA) is 79.9 Å². The first kappa shape index (κ1) is 12.0. The Kier molecular flexibility index (Phi) is 3.52. The molecule has 2 aromatic rings. The molecule has 0 aliphatic carbocycles. The van der Waals surface area contributed by atoms with Gasteiger partial charge in [-0.05, 0) is 17.7 Å². The van der Waals surface area contributed by atoms with Crippen LogP contribution in [0.4, 0.5) is 10.3 Å². The first-order valence-electron chi connectivity index (χ1n) is 5.16. The summed E-state index contributed by atoms with van der Waals surface area (Å²) in [6, 6.07) is 4.37. The molecule has 0 aliphatic heterocycles. The number of nitrogens with zero attached hydrogens (tertiary/aromatic N) is 2. The zero-order valence-electron chi connectivity index (χ0n) is 9.61. The van der Waals surface area contributed by atoms with Crippen molar-refractivity contribution in [3.8, 4) is 5.75 Å². The Hall–Kier alpha value is -2.44. The van der Waals surface area contributed by atoms with E-state index in [4.69, 9.17) is 4.74 Å². The van der Waals surface area contributed by atoms with Gasteiger partial charge < -0.3 is 4.74 Å². The number of anilines is 1. The van der Waals surface area contributed by atoms with Gasteiger partial charge in [-0.2, -0.15) is 10.1 Å². The molecule has 0 unspecified atom stereocenters. The zero-order chi connectivity index (χ0) is 13.0. The molecule has 94 valence electrons. The van der Waals surface area contributed by atoms with E-state index in [2.05, 4.69) is 20.5 Å². The number of ether oxygens (including phenoxy) is 1. The van der Waals surface area contributed by atoms with Crippen molar-refractivity contribution in [1.82, 2.24) is 15.2 Å². The molecule has 0 aliphatic rings. The molecule has 0 atom stereocenters. The normalized spacial score (nSPS) is 10.1. The van der Waals surface area contributed by atoms with Crippen LogP contribution in [0.15, 0.2) is 24.5 Å². The van der Waals surface area contributed by atoms with Crippen molar-refractivity contribution in [3.63, 3.8) is 0 Å². The van der Waals surface area contributed by atoms with Crippen molar-refractivity contribution >= 4 is 11.9 Å². The molecule has 18 heavy (non-hydrogen) atoms. The number of hydrogen-bond acceptors (Lipinski definition) is 4. The Bertz CT molecular complexity index is 542. The van der Waals surface area contributed by atoms with Gasteiger partial charge in [0.2, 0.25) is 11.9 Å². The molecule has 1 heterocycles. The van der Waals surface area contributed by atoms with Crippen molar-refractivity contribution in [3.05, 3.63) is 35.9 Å². The highest BCUT2D eigenvalue weighted by molar-refractivity contribution is 5.90. The average Bonchev–Trinajstić information content (AvgIpc) is 2.82. The average molecular weight is 250 g/mol. The summed E-state index contributed by atoms with van der Waals surface area (Å²) >= 11 is 0. The highest BCUT2D eigenvalue weighted by atomic mass is 19.1. The van der Waals surface area contributed by atoms with E-state index >= 15 is 0 Å². The molecular formula is C11H11FN4O2. The van der Waals surface area contributed by atoms with Crippen LogP contribution < -0.4 is 10.1 Å². The number of nitrogens with one attached hydrogen (secondary N) is 2. The van der Waals surface area contributed by atoms with E-state index in [0.29, 0.717) is 5.56 Å². The first-order valence-corrected chi connectivity index (χ1v) is 5.16. The smallest absolute Gasteiger partial charge is 0.231 e. The molecule has 2 rings (SSSR count). The molecule has 1 amide bonds. The van der Waals surface area contributed by atoms with E-state index < -0.39 is 5.82 Å². The molecule has 1 aromatic carbocycles. The van der Waals surface area contributed by atoms with Crippen LogP contribution in [0.5, 0.6) is 5.75 Å². The number of benzene rings is 1. The van der Waals surface area contributed by atoms with Crippen molar-refractivity contribution in [1.29, 1.82) is 0 Å². The summed E-state index contributed by atoms with van der Waals surface area (Å²) < 4.78 is 18.2. The lowest BCUT2D eigenvalue weighted by Crippen LogP contribution is -2.15. The van der Waals surface area contributed by atoms with Gasteiger partial charge in [-0.15, -0.1) is 0 Å². The summed E-state index contributed by atoms with van der Waals surface area (Å²) in [5, 5.41) is 8.58. The molecule has 0 radical (unpaired) electrons. The standard InChI is InChI=1S/C11H11FN4O2/c1-18-9-3-2-7(4-8(9)12)5-10(17)15-11-13-6-14-16-11/h2-4,6H,5H2,1H3,(H2,13,14,15,16,17). The van der Waals surface area contributed by atoms with Crippen molar-refractivity contribution in [2.45, 2.75) is 6.42 Å². The lowest BCUT2D eigenvalue weighted by atomic mass is 10.1. The highest BCUT2D eigenvalue weighted by Gasteiger charge is 2.08. The molecule has 7 heteroatoms. The van der Waals surface area contributed by atoms with Crippen LogP contribution in [0, 0.1) is 5.82 Å². The number of carbonyl (C=O) groups is 1. The van der Waals surface area contributed by atoms with Gasteiger partial charge in [0, 0.05) is 0 Å². The minimum absolute atomic E-state index is 0.0433. The zero-order valence-corrected chi connectivity index (χ0v) is 9.61. The van der Waals surface area contributed by atoms with Gasteiger partial charge in [0.1, 0.15) is 6.33 Å². The third kappa shape index (κ3) is 2.82. The predicted octanol–water partition coefficient (Wildman–Crippen LogP) is 1.13. The number of methoxy groups -OCH3 is 1. The maximum absolute atomic E-state index is 13.4. The Labute approximate surface area is 102 Å². The lowest BCUT2D eigenvalue weighted by Gasteiger charge is -2.05. The van der Waals surface area contributed by atoms with Crippen molar-refractivity contribution < 1.29 is 13.9 Å². The van der Waals surface area contributed by atoms with Gasteiger partial charge >= 0.3 is 0 Å². The van der Waals surface area contributed by atoms with Crippen LogP contribution in [-0.2, 0) is 11.2 Å². The van der Waals surface area contributed by atoms with Crippen LogP contribution in [0.2, 0.25) is 0 Å². The Morgan fingerprint density at radius 3 is 3.00 bits per heavy atom. The summed E-state index contributed by atoms with van der Waals surface area (Å²) in [7, 11) is 1.38.